The van der Waals surface area contributed by atoms with Crippen molar-refractivity contribution in [1.82, 2.24) is 0 Å². The summed E-state index contributed by atoms with van der Waals surface area (Å²) in [6.45, 7) is 16.7. The van der Waals surface area contributed by atoms with Crippen LogP contribution in [0.3, 0.4) is 0 Å². The van der Waals surface area contributed by atoms with Gasteiger partial charge in [-0.1, -0.05) is 53.4 Å². The molecular formula is C24H50O4. The molecule has 4 atom stereocenters. The molecular weight excluding hydrogens is 352 g/mol. The molecule has 0 aromatic rings. The maximum absolute atomic E-state index is 10.5. The van der Waals surface area contributed by atoms with E-state index in [4.69, 9.17) is 9.47 Å². The maximum Gasteiger partial charge on any atom is 0.158 e. The largest absolute Gasteiger partial charge is 0.368 e. The summed E-state index contributed by atoms with van der Waals surface area (Å²) in [5.74, 6) is 0.378. The fourth-order valence-electron chi connectivity index (χ4n) is 3.60. The number of rotatable bonds is 17. The molecule has 0 aliphatic heterocycles. The molecule has 0 rings (SSSR count). The number of hydrogen-bond donors (Lipinski definition) is 2. The van der Waals surface area contributed by atoms with E-state index in [1.54, 1.807) is 0 Å². The molecule has 0 amide bonds. The van der Waals surface area contributed by atoms with Crippen LogP contribution >= 0.6 is 0 Å². The van der Waals surface area contributed by atoms with Gasteiger partial charge in [0.15, 0.2) is 12.6 Å². The molecule has 4 unspecified atom stereocenters. The van der Waals surface area contributed by atoms with Crippen LogP contribution in [-0.4, -0.2) is 34.0 Å². The molecule has 4 nitrogen and oxygen atoms in total. The van der Waals surface area contributed by atoms with Crippen molar-refractivity contribution in [3.05, 3.63) is 0 Å². The monoisotopic (exact) mass is 402 g/mol. The summed E-state index contributed by atoms with van der Waals surface area (Å²) in [6.07, 6.45) is 8.45. The highest BCUT2D eigenvalue weighted by Gasteiger charge is 2.32. The van der Waals surface area contributed by atoms with Crippen LogP contribution in [0.25, 0.3) is 0 Å². The predicted octanol–water partition coefficient (Wildman–Crippen LogP) is 6.43. The van der Waals surface area contributed by atoms with E-state index in [-0.39, 0.29) is 11.8 Å². The molecule has 0 bridgehead atoms. The maximum atomic E-state index is 10.5. The van der Waals surface area contributed by atoms with Gasteiger partial charge in [0.1, 0.15) is 0 Å². The molecule has 0 aliphatic carbocycles. The summed E-state index contributed by atoms with van der Waals surface area (Å²) in [6, 6.07) is 0. The second kappa shape index (κ2) is 14.0. The normalized spacial score (nSPS) is 17.4. The average Bonchev–Trinajstić information content (AvgIpc) is 2.61. The zero-order valence-corrected chi connectivity index (χ0v) is 20.1. The van der Waals surface area contributed by atoms with Gasteiger partial charge in [-0.3, -0.25) is 0 Å². The molecule has 0 radical (unpaired) electrons. The minimum absolute atomic E-state index is 0.189. The third kappa shape index (κ3) is 11.7. The van der Waals surface area contributed by atoms with Crippen LogP contribution in [0, 0.1) is 11.8 Å². The Morgan fingerprint density at radius 2 is 0.964 bits per heavy atom. The van der Waals surface area contributed by atoms with Crippen molar-refractivity contribution < 1.29 is 19.7 Å². The standard InChI is InChI=1S/C24H50O4/c1-9-13-15-19(11-3)21(25)27-23(5,6)17-18-24(7,8)28-22(26)20(12-4)16-14-10-2/h19-22,25-26H,9-18H2,1-8H3. The van der Waals surface area contributed by atoms with E-state index in [9.17, 15) is 10.2 Å². The Morgan fingerprint density at radius 3 is 1.21 bits per heavy atom. The molecule has 0 heterocycles. The van der Waals surface area contributed by atoms with Crippen LogP contribution < -0.4 is 0 Å². The minimum atomic E-state index is -0.723. The quantitative estimate of drug-likeness (QED) is 0.275. The highest BCUT2D eigenvalue weighted by atomic mass is 16.6. The van der Waals surface area contributed by atoms with Crippen molar-refractivity contribution in [1.29, 1.82) is 0 Å². The predicted molar refractivity (Wildman–Crippen MR) is 118 cm³/mol. The lowest BCUT2D eigenvalue weighted by Gasteiger charge is -2.36. The fourth-order valence-corrected chi connectivity index (χ4v) is 3.60. The van der Waals surface area contributed by atoms with Gasteiger partial charge >= 0.3 is 0 Å². The van der Waals surface area contributed by atoms with Crippen LogP contribution in [0.5, 0.6) is 0 Å². The summed E-state index contributed by atoms with van der Waals surface area (Å²) < 4.78 is 12.1. The smallest absolute Gasteiger partial charge is 0.158 e. The lowest BCUT2D eigenvalue weighted by molar-refractivity contribution is -0.220. The first-order valence-corrected chi connectivity index (χ1v) is 11.7. The molecule has 2 N–H and O–H groups in total. The lowest BCUT2D eigenvalue weighted by atomic mass is 9.92. The Morgan fingerprint density at radius 1 is 0.643 bits per heavy atom. The third-order valence-corrected chi connectivity index (χ3v) is 5.92. The van der Waals surface area contributed by atoms with Gasteiger partial charge in [-0.2, -0.15) is 0 Å². The molecule has 0 aromatic carbocycles. The zero-order valence-electron chi connectivity index (χ0n) is 20.1. The number of aliphatic hydroxyl groups excluding tert-OH is 2. The second-order valence-corrected chi connectivity index (χ2v) is 9.66. The van der Waals surface area contributed by atoms with Crippen molar-refractivity contribution >= 4 is 0 Å². The Hall–Kier alpha value is -0.160. The van der Waals surface area contributed by atoms with Gasteiger partial charge in [0.05, 0.1) is 11.2 Å². The zero-order chi connectivity index (χ0) is 21.8. The third-order valence-electron chi connectivity index (χ3n) is 5.92. The van der Waals surface area contributed by atoms with Gasteiger partial charge in [-0.05, 0) is 66.2 Å². The summed E-state index contributed by atoms with van der Waals surface area (Å²) in [7, 11) is 0. The molecule has 0 aromatic heterocycles. The number of unbranched alkanes of at least 4 members (excludes halogenated alkanes) is 2. The van der Waals surface area contributed by atoms with Crippen molar-refractivity contribution in [2.45, 2.75) is 143 Å². The summed E-state index contributed by atoms with van der Waals surface area (Å²) >= 11 is 0. The van der Waals surface area contributed by atoms with Crippen LogP contribution in [0.4, 0.5) is 0 Å². The van der Waals surface area contributed by atoms with E-state index in [0.29, 0.717) is 0 Å². The molecule has 0 saturated heterocycles. The van der Waals surface area contributed by atoms with Crippen molar-refractivity contribution in [2.75, 3.05) is 0 Å². The summed E-state index contributed by atoms with van der Waals surface area (Å²) in [5.41, 5.74) is -0.867. The van der Waals surface area contributed by atoms with Crippen molar-refractivity contribution in [3.8, 4) is 0 Å². The van der Waals surface area contributed by atoms with E-state index in [1.165, 1.54) is 0 Å². The molecule has 28 heavy (non-hydrogen) atoms. The van der Waals surface area contributed by atoms with Crippen LogP contribution in [-0.2, 0) is 9.47 Å². The molecule has 0 fully saturated rings. The molecule has 4 heteroatoms. The van der Waals surface area contributed by atoms with Gasteiger partial charge < -0.3 is 19.7 Å². The summed E-state index contributed by atoms with van der Waals surface area (Å²) in [5, 5.41) is 21.1. The molecule has 0 saturated carbocycles. The van der Waals surface area contributed by atoms with Gasteiger partial charge in [0, 0.05) is 11.8 Å². The van der Waals surface area contributed by atoms with Crippen molar-refractivity contribution in [2.24, 2.45) is 11.8 Å². The van der Waals surface area contributed by atoms with Gasteiger partial charge in [-0.25, -0.2) is 0 Å². The average molecular weight is 403 g/mol. The van der Waals surface area contributed by atoms with Gasteiger partial charge in [-0.15, -0.1) is 0 Å². The first kappa shape index (κ1) is 27.8. The Labute approximate surface area is 175 Å². The van der Waals surface area contributed by atoms with E-state index in [1.807, 2.05) is 27.7 Å². The summed E-state index contributed by atoms with van der Waals surface area (Å²) in [4.78, 5) is 0. The Bertz CT molecular complexity index is 345. The van der Waals surface area contributed by atoms with Gasteiger partial charge in [0.25, 0.3) is 0 Å². The number of hydrogen-bond acceptors (Lipinski definition) is 4. The SMILES string of the molecule is CCCCC(CC)C(O)OC(C)(C)CCC(C)(C)OC(O)C(CC)CCCC. The van der Waals surface area contributed by atoms with Gasteiger partial charge in [0.2, 0.25) is 0 Å². The fraction of sp³-hybridized carbons (Fsp3) is 1.00. The highest BCUT2D eigenvalue weighted by Crippen LogP contribution is 2.30. The first-order chi connectivity index (χ1) is 13.0. The minimum Gasteiger partial charge on any atom is -0.368 e. The van der Waals surface area contributed by atoms with Crippen LogP contribution in [0.15, 0.2) is 0 Å². The topological polar surface area (TPSA) is 58.9 Å². The lowest BCUT2D eigenvalue weighted by Crippen LogP contribution is -2.39. The highest BCUT2D eigenvalue weighted by molar-refractivity contribution is 4.79. The number of ether oxygens (including phenoxy) is 2. The van der Waals surface area contributed by atoms with Crippen LogP contribution in [0.2, 0.25) is 0 Å². The second-order valence-electron chi connectivity index (χ2n) is 9.66. The molecule has 0 aliphatic rings. The van der Waals surface area contributed by atoms with Crippen molar-refractivity contribution in [3.63, 3.8) is 0 Å². The molecule has 170 valence electrons. The van der Waals surface area contributed by atoms with E-state index in [0.717, 1.165) is 64.2 Å². The van der Waals surface area contributed by atoms with E-state index < -0.39 is 23.8 Å². The van der Waals surface area contributed by atoms with E-state index in [2.05, 4.69) is 27.7 Å². The Kier molecular flexibility index (Phi) is 13.9. The van der Waals surface area contributed by atoms with E-state index >= 15 is 0 Å². The van der Waals surface area contributed by atoms with Crippen LogP contribution in [0.1, 0.15) is 120 Å². The first-order valence-electron chi connectivity index (χ1n) is 11.7. The molecule has 0 spiro atoms. The number of aliphatic hydroxyl groups is 2. The Balaban J connectivity index is 4.63.